The van der Waals surface area contributed by atoms with Crippen molar-refractivity contribution in [3.05, 3.63) is 47.8 Å². The van der Waals surface area contributed by atoms with Crippen molar-refractivity contribution in [3.63, 3.8) is 0 Å². The van der Waals surface area contributed by atoms with E-state index in [1.807, 2.05) is 0 Å². The number of hydrogen-bond donors (Lipinski definition) is 0. The number of hydrogen-bond acceptors (Lipinski definition) is 6. The van der Waals surface area contributed by atoms with Crippen LogP contribution in [-0.4, -0.2) is 72.1 Å². The SMILES string of the molecule is COc1ccc(COC[C@@H](OC(=O)N2CCC3(CCC(n4cc(C(F)F)cn4)CO3)CC2)C(F)(F)F)cc1. The number of nitrogens with zero attached hydrogens (tertiary/aromatic N) is 3. The quantitative estimate of drug-likeness (QED) is 0.418. The van der Waals surface area contributed by atoms with Crippen LogP contribution in [-0.2, 0) is 20.8 Å². The number of ether oxygens (including phenoxy) is 4. The molecule has 1 unspecified atom stereocenters. The molecule has 0 radical (unpaired) electrons. The molecule has 4 rings (SSSR count). The second kappa shape index (κ2) is 11.9. The number of carbonyl (C=O) groups excluding carboxylic acids is 1. The maximum atomic E-state index is 13.5. The van der Waals surface area contributed by atoms with Gasteiger partial charge in [0.1, 0.15) is 5.75 Å². The van der Waals surface area contributed by atoms with Gasteiger partial charge >= 0.3 is 12.3 Å². The van der Waals surface area contributed by atoms with Crippen LogP contribution in [0.2, 0.25) is 0 Å². The summed E-state index contributed by atoms with van der Waals surface area (Å²) in [5, 5.41) is 4.00. The maximum Gasteiger partial charge on any atom is 0.427 e. The van der Waals surface area contributed by atoms with Gasteiger partial charge in [-0.25, -0.2) is 13.6 Å². The average Bonchev–Trinajstić information content (AvgIpc) is 3.39. The Morgan fingerprint density at radius 3 is 2.45 bits per heavy atom. The lowest BCUT2D eigenvalue weighted by molar-refractivity contribution is -0.220. The van der Waals surface area contributed by atoms with E-state index in [2.05, 4.69) is 5.10 Å². The van der Waals surface area contributed by atoms with Crippen molar-refractivity contribution >= 4 is 6.09 Å². The summed E-state index contributed by atoms with van der Waals surface area (Å²) >= 11 is 0. The molecule has 2 aliphatic heterocycles. The number of carbonyl (C=O) groups is 1. The number of rotatable bonds is 8. The molecule has 1 aromatic carbocycles. The highest BCUT2D eigenvalue weighted by atomic mass is 19.4. The van der Waals surface area contributed by atoms with Gasteiger partial charge in [0.05, 0.1) is 50.3 Å². The van der Waals surface area contributed by atoms with Crippen molar-refractivity contribution in [1.82, 2.24) is 14.7 Å². The Hall–Kier alpha value is -2.93. The molecule has 0 saturated carbocycles. The number of aromatic nitrogens is 2. The molecule has 1 amide bonds. The van der Waals surface area contributed by atoms with E-state index in [1.54, 1.807) is 24.3 Å². The van der Waals surface area contributed by atoms with Crippen LogP contribution in [0, 0.1) is 0 Å². The Labute approximate surface area is 216 Å². The van der Waals surface area contributed by atoms with Gasteiger partial charge in [-0.05, 0) is 43.4 Å². The summed E-state index contributed by atoms with van der Waals surface area (Å²) in [7, 11) is 1.51. The summed E-state index contributed by atoms with van der Waals surface area (Å²) in [5.41, 5.74) is -0.0202. The van der Waals surface area contributed by atoms with Gasteiger partial charge in [0.2, 0.25) is 6.10 Å². The molecule has 1 aromatic heterocycles. The molecule has 0 aliphatic carbocycles. The first-order valence-electron chi connectivity index (χ1n) is 12.3. The smallest absolute Gasteiger partial charge is 0.427 e. The molecule has 38 heavy (non-hydrogen) atoms. The number of alkyl halides is 5. The Balaban J connectivity index is 1.24. The van der Waals surface area contributed by atoms with Crippen LogP contribution in [0.1, 0.15) is 49.3 Å². The van der Waals surface area contributed by atoms with E-state index < -0.39 is 37.0 Å². The normalized spacial score (nSPS) is 20.5. The fraction of sp³-hybridized carbons (Fsp3) is 0.600. The minimum Gasteiger partial charge on any atom is -0.497 e. The van der Waals surface area contributed by atoms with E-state index in [1.165, 1.54) is 22.9 Å². The highest BCUT2D eigenvalue weighted by Gasteiger charge is 2.45. The first-order valence-corrected chi connectivity index (χ1v) is 12.3. The van der Waals surface area contributed by atoms with Crippen molar-refractivity contribution in [2.75, 3.05) is 33.4 Å². The van der Waals surface area contributed by atoms with E-state index in [0.29, 0.717) is 37.0 Å². The fourth-order valence-corrected chi connectivity index (χ4v) is 4.62. The Morgan fingerprint density at radius 2 is 1.89 bits per heavy atom. The zero-order chi connectivity index (χ0) is 27.3. The van der Waals surface area contributed by atoms with Gasteiger partial charge in [-0.2, -0.15) is 18.3 Å². The Kier molecular flexibility index (Phi) is 8.76. The number of benzene rings is 1. The third kappa shape index (κ3) is 6.93. The average molecular weight is 548 g/mol. The molecule has 1 spiro atoms. The molecule has 2 aliphatic rings. The van der Waals surface area contributed by atoms with E-state index in [0.717, 1.165) is 6.20 Å². The fourth-order valence-electron chi connectivity index (χ4n) is 4.62. The molecular weight excluding hydrogens is 517 g/mol. The van der Waals surface area contributed by atoms with Crippen molar-refractivity contribution in [2.45, 2.75) is 62.6 Å². The summed E-state index contributed by atoms with van der Waals surface area (Å²) < 4.78 is 88.8. The van der Waals surface area contributed by atoms with E-state index >= 15 is 0 Å². The second-order valence-electron chi connectivity index (χ2n) is 9.51. The van der Waals surface area contributed by atoms with Crippen LogP contribution < -0.4 is 4.74 Å². The van der Waals surface area contributed by atoms with Crippen LogP contribution in [0.5, 0.6) is 5.75 Å². The zero-order valence-electron chi connectivity index (χ0n) is 20.8. The minimum atomic E-state index is -4.79. The summed E-state index contributed by atoms with van der Waals surface area (Å²) in [6.45, 7) is -0.280. The number of halogens is 5. The van der Waals surface area contributed by atoms with Gasteiger partial charge in [-0.1, -0.05) is 12.1 Å². The summed E-state index contributed by atoms with van der Waals surface area (Å²) in [5.74, 6) is 0.610. The zero-order valence-corrected chi connectivity index (χ0v) is 20.8. The lowest BCUT2D eigenvalue weighted by Crippen LogP contribution is -2.52. The Morgan fingerprint density at radius 1 is 1.18 bits per heavy atom. The standard InChI is InChI=1S/C25H30F5N3O5/c1-35-20-4-2-17(3-5-20)14-36-16-21(25(28,29)30)38-23(34)32-10-8-24(9-11-32)7-6-19(15-37-24)33-13-18(12-31-33)22(26)27/h2-5,12-13,19,21-22H,6-11,14-16H2,1H3/t19?,21-/m1/s1. The van der Waals surface area contributed by atoms with Gasteiger partial charge in [-0.15, -0.1) is 0 Å². The predicted octanol–water partition coefficient (Wildman–Crippen LogP) is 5.30. The van der Waals surface area contributed by atoms with Crippen molar-refractivity contribution in [2.24, 2.45) is 0 Å². The topological polar surface area (TPSA) is 75.1 Å². The van der Waals surface area contributed by atoms with Gasteiger partial charge in [0.15, 0.2) is 0 Å². The molecule has 13 heteroatoms. The van der Waals surface area contributed by atoms with Crippen molar-refractivity contribution in [1.29, 1.82) is 0 Å². The molecule has 3 heterocycles. The van der Waals surface area contributed by atoms with Crippen LogP contribution in [0.25, 0.3) is 0 Å². The largest absolute Gasteiger partial charge is 0.497 e. The molecule has 2 saturated heterocycles. The summed E-state index contributed by atoms with van der Waals surface area (Å²) in [4.78, 5) is 13.8. The summed E-state index contributed by atoms with van der Waals surface area (Å²) in [6, 6.07) is 6.49. The number of piperidine rings is 1. The van der Waals surface area contributed by atoms with E-state index in [9.17, 15) is 26.7 Å². The molecule has 210 valence electrons. The number of likely N-dealkylation sites (tertiary alicyclic amines) is 1. The van der Waals surface area contributed by atoms with Crippen molar-refractivity contribution in [3.8, 4) is 5.75 Å². The molecule has 8 nitrogen and oxygen atoms in total. The van der Waals surface area contributed by atoms with Crippen LogP contribution in [0.3, 0.4) is 0 Å². The van der Waals surface area contributed by atoms with E-state index in [4.69, 9.17) is 18.9 Å². The van der Waals surface area contributed by atoms with Crippen LogP contribution in [0.4, 0.5) is 26.7 Å². The first-order chi connectivity index (χ1) is 18.1. The van der Waals surface area contributed by atoms with Gasteiger partial charge in [-0.3, -0.25) is 4.68 Å². The highest BCUT2D eigenvalue weighted by Crippen LogP contribution is 2.38. The maximum absolute atomic E-state index is 13.5. The second-order valence-corrected chi connectivity index (χ2v) is 9.51. The van der Waals surface area contributed by atoms with Crippen molar-refractivity contribution < 1.29 is 45.7 Å². The van der Waals surface area contributed by atoms with Crippen LogP contribution >= 0.6 is 0 Å². The third-order valence-corrected chi connectivity index (χ3v) is 7.00. The summed E-state index contributed by atoms with van der Waals surface area (Å²) in [6.07, 6.45) is -6.26. The molecule has 0 bridgehead atoms. The third-order valence-electron chi connectivity index (χ3n) is 7.00. The minimum absolute atomic E-state index is 0.0827. The molecule has 0 N–H and O–H groups in total. The lowest BCUT2D eigenvalue weighted by Gasteiger charge is -2.45. The number of methoxy groups -OCH3 is 1. The van der Waals surface area contributed by atoms with Gasteiger partial charge < -0.3 is 23.8 Å². The monoisotopic (exact) mass is 547 g/mol. The van der Waals surface area contributed by atoms with Gasteiger partial charge in [0, 0.05) is 19.3 Å². The molecule has 2 aromatic rings. The number of amides is 1. The van der Waals surface area contributed by atoms with E-state index in [-0.39, 0.29) is 37.9 Å². The predicted molar refractivity (Wildman–Crippen MR) is 124 cm³/mol. The highest BCUT2D eigenvalue weighted by molar-refractivity contribution is 5.68. The lowest BCUT2D eigenvalue weighted by atomic mass is 9.83. The molecular formula is C25H30F5N3O5. The first kappa shape index (κ1) is 28.1. The molecule has 2 fully saturated rings. The Bertz CT molecular complexity index is 1040. The molecule has 2 atom stereocenters. The van der Waals surface area contributed by atoms with Crippen LogP contribution in [0.15, 0.2) is 36.7 Å². The van der Waals surface area contributed by atoms with Gasteiger partial charge in [0.25, 0.3) is 6.43 Å².